The number of aryl methyl sites for hydroxylation is 1. The quantitative estimate of drug-likeness (QED) is 0.563. The molecule has 36 heavy (non-hydrogen) atoms. The number of rotatable bonds is 5. The second-order valence-electron chi connectivity index (χ2n) is 10.8. The first-order chi connectivity index (χ1) is 17.3. The molecule has 1 amide bonds. The number of nitrogens with one attached hydrogen (secondary N) is 1. The summed E-state index contributed by atoms with van der Waals surface area (Å²) in [4.78, 5) is 22.4. The van der Waals surface area contributed by atoms with E-state index in [0.717, 1.165) is 72.9 Å². The molecule has 2 saturated heterocycles. The Labute approximate surface area is 216 Å². The normalized spacial score (nSPS) is 28.6. The molecule has 6 rings (SSSR count). The molecule has 2 aromatic heterocycles. The van der Waals surface area contributed by atoms with Gasteiger partial charge in [-0.1, -0.05) is 18.5 Å². The van der Waals surface area contributed by atoms with Crippen LogP contribution < -0.4 is 10.2 Å². The van der Waals surface area contributed by atoms with Gasteiger partial charge in [-0.25, -0.2) is 4.98 Å². The number of pyridine rings is 1. The number of aromatic nitrogens is 3. The SMILES string of the molecule is C[C@@H]1[C@H](C(=O)Nc2cc3cc(N4CCN([C@]5(C)CCOC5)CC4)c(Cl)cc3cn2)[C@H]1c1cnn(C)c1. The monoisotopic (exact) mass is 508 g/mol. The zero-order chi connectivity index (χ0) is 25.0. The smallest absolute Gasteiger partial charge is 0.229 e. The summed E-state index contributed by atoms with van der Waals surface area (Å²) in [5, 5.41) is 10.0. The molecular formula is C27H33ClN6O2. The third kappa shape index (κ3) is 4.25. The molecule has 4 atom stereocenters. The Morgan fingerprint density at radius 2 is 1.97 bits per heavy atom. The van der Waals surface area contributed by atoms with E-state index in [1.165, 1.54) is 0 Å². The Morgan fingerprint density at radius 3 is 2.67 bits per heavy atom. The first kappa shape index (κ1) is 23.7. The molecule has 0 radical (unpaired) electrons. The Morgan fingerprint density at radius 1 is 1.17 bits per heavy atom. The highest BCUT2D eigenvalue weighted by Crippen LogP contribution is 2.54. The van der Waals surface area contributed by atoms with Crippen LogP contribution in [0.2, 0.25) is 5.02 Å². The molecule has 0 spiro atoms. The number of carbonyl (C=O) groups excluding carboxylic acids is 1. The minimum absolute atomic E-state index is 0.0119. The van der Waals surface area contributed by atoms with Gasteiger partial charge in [0.15, 0.2) is 0 Å². The Kier molecular flexibility index (Phi) is 5.93. The molecule has 4 heterocycles. The van der Waals surface area contributed by atoms with Gasteiger partial charge in [0.05, 0.1) is 23.5 Å². The standard InChI is InChI=1S/C27H33ClN6O2/c1-17-24(20-14-30-32(3)15-20)25(17)26(35)31-23-12-18-11-22(21(28)10-19(18)13-29-23)33-5-7-34(8-6-33)27(2)4-9-36-16-27/h10-15,17,24-25H,4-9,16H2,1-3H3,(H,29,31,35)/t17-,24+,25-,27+/m0/s1. The number of benzene rings is 1. The van der Waals surface area contributed by atoms with Crippen LogP contribution in [0, 0.1) is 11.8 Å². The van der Waals surface area contributed by atoms with Gasteiger partial charge in [0.25, 0.3) is 0 Å². The maximum Gasteiger partial charge on any atom is 0.229 e. The zero-order valence-corrected chi connectivity index (χ0v) is 21.8. The van der Waals surface area contributed by atoms with Crippen molar-refractivity contribution in [3.8, 4) is 0 Å². The lowest BCUT2D eigenvalue weighted by molar-refractivity contribution is -0.117. The predicted molar refractivity (Wildman–Crippen MR) is 142 cm³/mol. The van der Waals surface area contributed by atoms with Crippen molar-refractivity contribution in [3.63, 3.8) is 0 Å². The average Bonchev–Trinajstić information content (AvgIpc) is 3.15. The van der Waals surface area contributed by atoms with Gasteiger partial charge in [-0.05, 0) is 48.4 Å². The van der Waals surface area contributed by atoms with Gasteiger partial charge in [0.2, 0.25) is 5.91 Å². The van der Waals surface area contributed by atoms with Crippen LogP contribution in [0.3, 0.4) is 0 Å². The molecule has 0 unspecified atom stereocenters. The number of nitrogens with zero attached hydrogens (tertiary/aromatic N) is 5. The predicted octanol–water partition coefficient (Wildman–Crippen LogP) is 3.91. The van der Waals surface area contributed by atoms with Gasteiger partial charge < -0.3 is 15.0 Å². The number of carbonyl (C=O) groups is 1. The highest BCUT2D eigenvalue weighted by atomic mass is 35.5. The zero-order valence-electron chi connectivity index (χ0n) is 21.1. The van der Waals surface area contributed by atoms with E-state index in [1.807, 2.05) is 31.6 Å². The summed E-state index contributed by atoms with van der Waals surface area (Å²) in [5.74, 6) is 1.02. The Balaban J connectivity index is 1.16. The lowest BCUT2D eigenvalue weighted by atomic mass is 9.98. The van der Waals surface area contributed by atoms with Crippen LogP contribution >= 0.6 is 11.6 Å². The van der Waals surface area contributed by atoms with Gasteiger partial charge in [-0.3, -0.25) is 14.4 Å². The lowest BCUT2D eigenvalue weighted by Crippen LogP contribution is -2.56. The van der Waals surface area contributed by atoms with Gasteiger partial charge in [0, 0.05) is 75.0 Å². The number of halogens is 1. The third-order valence-corrected chi connectivity index (χ3v) is 8.71. The Bertz CT molecular complexity index is 1290. The number of hydrogen-bond acceptors (Lipinski definition) is 6. The van der Waals surface area contributed by atoms with E-state index < -0.39 is 0 Å². The Hall–Kier alpha value is -2.68. The van der Waals surface area contributed by atoms with Crippen molar-refractivity contribution in [2.45, 2.75) is 31.7 Å². The summed E-state index contributed by atoms with van der Waals surface area (Å²) in [6.45, 7) is 9.91. The van der Waals surface area contributed by atoms with Crippen molar-refractivity contribution in [3.05, 3.63) is 47.4 Å². The van der Waals surface area contributed by atoms with Gasteiger partial charge in [-0.15, -0.1) is 0 Å². The highest BCUT2D eigenvalue weighted by Gasteiger charge is 2.53. The van der Waals surface area contributed by atoms with Crippen molar-refractivity contribution >= 4 is 39.8 Å². The molecule has 1 aliphatic carbocycles. The van der Waals surface area contributed by atoms with Crippen molar-refractivity contribution in [2.75, 3.05) is 49.6 Å². The lowest BCUT2D eigenvalue weighted by Gasteiger charge is -2.44. The van der Waals surface area contributed by atoms with E-state index in [-0.39, 0.29) is 29.2 Å². The van der Waals surface area contributed by atoms with E-state index in [1.54, 1.807) is 10.9 Å². The van der Waals surface area contributed by atoms with E-state index in [0.29, 0.717) is 5.82 Å². The molecule has 0 bridgehead atoms. The van der Waals surface area contributed by atoms with Crippen molar-refractivity contribution < 1.29 is 9.53 Å². The van der Waals surface area contributed by atoms with Crippen molar-refractivity contribution in [2.24, 2.45) is 18.9 Å². The topological polar surface area (TPSA) is 75.5 Å². The number of amides is 1. The summed E-state index contributed by atoms with van der Waals surface area (Å²) in [7, 11) is 1.90. The maximum absolute atomic E-state index is 13.0. The summed E-state index contributed by atoms with van der Waals surface area (Å²) in [6.07, 6.45) is 6.73. The summed E-state index contributed by atoms with van der Waals surface area (Å²) < 4.78 is 7.45. The number of hydrogen-bond donors (Lipinski definition) is 1. The van der Waals surface area contributed by atoms with Crippen LogP contribution in [0.1, 0.15) is 31.7 Å². The molecule has 9 heteroatoms. The van der Waals surface area contributed by atoms with E-state index in [4.69, 9.17) is 16.3 Å². The van der Waals surface area contributed by atoms with Gasteiger partial charge >= 0.3 is 0 Å². The molecule has 2 aliphatic heterocycles. The number of fused-ring (bicyclic) bond motifs is 1. The summed E-state index contributed by atoms with van der Waals surface area (Å²) in [5.41, 5.74) is 2.30. The van der Waals surface area contributed by atoms with Crippen LogP contribution in [0.4, 0.5) is 11.5 Å². The molecule has 3 aliphatic rings. The van der Waals surface area contributed by atoms with Crippen molar-refractivity contribution in [1.29, 1.82) is 0 Å². The summed E-state index contributed by atoms with van der Waals surface area (Å²) >= 11 is 6.71. The van der Waals surface area contributed by atoms with E-state index in [9.17, 15) is 4.79 Å². The maximum atomic E-state index is 13.0. The fourth-order valence-corrected chi connectivity index (χ4v) is 6.35. The summed E-state index contributed by atoms with van der Waals surface area (Å²) in [6, 6.07) is 6.06. The molecule has 190 valence electrons. The van der Waals surface area contributed by atoms with Gasteiger partial charge in [0.1, 0.15) is 5.82 Å². The van der Waals surface area contributed by atoms with Crippen molar-refractivity contribution in [1.82, 2.24) is 19.7 Å². The number of piperazine rings is 1. The minimum atomic E-state index is -0.0594. The fraction of sp³-hybridized carbons (Fsp3) is 0.519. The first-order valence-electron chi connectivity index (χ1n) is 12.8. The second kappa shape index (κ2) is 9.01. The average molecular weight is 509 g/mol. The third-order valence-electron chi connectivity index (χ3n) is 8.41. The number of anilines is 2. The molecule has 1 N–H and O–H groups in total. The molecule has 1 aromatic carbocycles. The van der Waals surface area contributed by atoms with E-state index >= 15 is 0 Å². The highest BCUT2D eigenvalue weighted by molar-refractivity contribution is 6.34. The molecule has 8 nitrogen and oxygen atoms in total. The van der Waals surface area contributed by atoms with Gasteiger partial charge in [-0.2, -0.15) is 5.10 Å². The molecule has 3 aromatic rings. The number of ether oxygens (including phenoxy) is 1. The van der Waals surface area contributed by atoms with E-state index in [2.05, 4.69) is 45.1 Å². The first-order valence-corrected chi connectivity index (χ1v) is 13.2. The second-order valence-corrected chi connectivity index (χ2v) is 11.2. The molecule has 3 fully saturated rings. The van der Waals surface area contributed by atoms with Crippen LogP contribution in [0.25, 0.3) is 10.8 Å². The van der Waals surface area contributed by atoms with Crippen LogP contribution in [-0.4, -0.2) is 70.5 Å². The largest absolute Gasteiger partial charge is 0.379 e. The van der Waals surface area contributed by atoms with Crippen LogP contribution in [0.5, 0.6) is 0 Å². The minimum Gasteiger partial charge on any atom is -0.379 e. The van der Waals surface area contributed by atoms with Crippen LogP contribution in [-0.2, 0) is 16.6 Å². The fourth-order valence-electron chi connectivity index (χ4n) is 6.05. The van der Waals surface area contributed by atoms with Crippen LogP contribution in [0.15, 0.2) is 36.8 Å². The molecule has 1 saturated carbocycles. The molecular weight excluding hydrogens is 476 g/mol.